The summed E-state index contributed by atoms with van der Waals surface area (Å²) in [6.07, 6.45) is 0.457. The summed E-state index contributed by atoms with van der Waals surface area (Å²) in [5.41, 5.74) is 9.18. The van der Waals surface area contributed by atoms with E-state index >= 15 is 0 Å². The molecule has 3 N–H and O–H groups in total. The molecule has 4 rings (SSSR count). The molecule has 186 valence electrons. The van der Waals surface area contributed by atoms with Crippen LogP contribution in [0.5, 0.6) is 0 Å². The Morgan fingerprint density at radius 2 is 1.78 bits per heavy atom. The molecule has 0 bridgehead atoms. The highest BCUT2D eigenvalue weighted by molar-refractivity contribution is 7.98. The Hall–Kier alpha value is -3.63. The van der Waals surface area contributed by atoms with Crippen molar-refractivity contribution < 1.29 is 14.3 Å². The normalized spacial score (nSPS) is 11.7. The van der Waals surface area contributed by atoms with E-state index in [9.17, 15) is 9.59 Å². The van der Waals surface area contributed by atoms with Crippen LogP contribution in [-0.4, -0.2) is 33.2 Å². The topological polar surface area (TPSA) is 112 Å². The maximum absolute atomic E-state index is 13.5. The monoisotopic (exact) mass is 521 g/mol. The highest BCUT2D eigenvalue weighted by atomic mass is 32.2. The van der Waals surface area contributed by atoms with Crippen molar-refractivity contribution in [2.24, 2.45) is 0 Å². The lowest BCUT2D eigenvalue weighted by molar-refractivity contribution is -0.119. The molecule has 2 heterocycles. The molecule has 0 aliphatic carbocycles. The summed E-state index contributed by atoms with van der Waals surface area (Å²) in [5, 5.41) is 14.0. The molecule has 0 radical (unpaired) electrons. The first kappa shape index (κ1) is 25.5. The number of esters is 1. The minimum absolute atomic E-state index is 0.161. The van der Waals surface area contributed by atoms with Crippen molar-refractivity contribution >= 4 is 45.9 Å². The Labute approximate surface area is 217 Å². The first-order valence-corrected chi connectivity index (χ1v) is 13.4. The number of benzene rings is 2. The molecule has 0 saturated heterocycles. The third kappa shape index (κ3) is 5.60. The molecule has 0 aliphatic rings. The van der Waals surface area contributed by atoms with Gasteiger partial charge < -0.3 is 15.8 Å². The summed E-state index contributed by atoms with van der Waals surface area (Å²) in [4.78, 5) is 26.4. The summed E-state index contributed by atoms with van der Waals surface area (Å²) >= 11 is 2.75. The van der Waals surface area contributed by atoms with Gasteiger partial charge in [0.2, 0.25) is 11.9 Å². The third-order valence-electron chi connectivity index (χ3n) is 5.49. The SMILES string of the molecule is CCOC(=O)c1c(-c2ccccc2)csc1NC(=O)C(CC)n1c(N)nnc1SCc1ccccc1. The number of carbonyl (C=O) groups is 2. The summed E-state index contributed by atoms with van der Waals surface area (Å²) < 4.78 is 6.96. The number of nitrogens with two attached hydrogens (primary N) is 1. The van der Waals surface area contributed by atoms with E-state index in [0.29, 0.717) is 33.5 Å². The van der Waals surface area contributed by atoms with Crippen molar-refractivity contribution in [3.63, 3.8) is 0 Å². The van der Waals surface area contributed by atoms with Crippen LogP contribution in [-0.2, 0) is 15.3 Å². The van der Waals surface area contributed by atoms with Crippen LogP contribution >= 0.6 is 23.1 Å². The molecule has 1 unspecified atom stereocenters. The average Bonchev–Trinajstić information content (AvgIpc) is 3.48. The van der Waals surface area contributed by atoms with Crippen molar-refractivity contribution in [3.8, 4) is 11.1 Å². The summed E-state index contributed by atoms with van der Waals surface area (Å²) in [7, 11) is 0. The highest BCUT2D eigenvalue weighted by Gasteiger charge is 2.28. The van der Waals surface area contributed by atoms with Gasteiger partial charge in [0.1, 0.15) is 16.6 Å². The fourth-order valence-electron chi connectivity index (χ4n) is 3.77. The Bertz CT molecular complexity index is 1320. The molecule has 0 fully saturated rings. The van der Waals surface area contributed by atoms with E-state index in [1.165, 1.54) is 23.1 Å². The lowest BCUT2D eigenvalue weighted by atomic mass is 10.0. The number of hydrogen-bond donors (Lipinski definition) is 2. The second-order valence-corrected chi connectivity index (χ2v) is 9.66. The number of amides is 1. The van der Waals surface area contributed by atoms with Gasteiger partial charge in [-0.25, -0.2) is 4.79 Å². The molecule has 4 aromatic rings. The van der Waals surface area contributed by atoms with Gasteiger partial charge in [0.15, 0.2) is 5.16 Å². The number of nitrogens with zero attached hydrogens (tertiary/aromatic N) is 3. The largest absolute Gasteiger partial charge is 0.462 e. The van der Waals surface area contributed by atoms with Crippen LogP contribution in [0.3, 0.4) is 0 Å². The van der Waals surface area contributed by atoms with Gasteiger partial charge in [-0.1, -0.05) is 79.3 Å². The first-order valence-electron chi connectivity index (χ1n) is 11.5. The molecule has 10 heteroatoms. The zero-order chi connectivity index (χ0) is 25.5. The van der Waals surface area contributed by atoms with Crippen LogP contribution in [0.15, 0.2) is 71.2 Å². The van der Waals surface area contributed by atoms with E-state index in [0.717, 1.165) is 11.1 Å². The average molecular weight is 522 g/mol. The van der Waals surface area contributed by atoms with E-state index in [-0.39, 0.29) is 18.5 Å². The zero-order valence-electron chi connectivity index (χ0n) is 20.0. The maximum atomic E-state index is 13.5. The van der Waals surface area contributed by atoms with Crippen molar-refractivity contribution in [2.45, 2.75) is 37.2 Å². The summed E-state index contributed by atoms with van der Waals surface area (Å²) in [5.74, 6) is 0.0332. The predicted octanol–water partition coefficient (Wildman–Crippen LogP) is 5.65. The molecule has 36 heavy (non-hydrogen) atoms. The quantitative estimate of drug-likeness (QED) is 0.205. The minimum Gasteiger partial charge on any atom is -0.462 e. The molecule has 0 spiro atoms. The number of carbonyl (C=O) groups excluding carboxylic acids is 2. The molecular weight excluding hydrogens is 494 g/mol. The number of hydrogen-bond acceptors (Lipinski definition) is 8. The number of anilines is 2. The standard InChI is InChI=1S/C26H27N5O3S2/c1-3-20(31-25(27)29-30-26(31)36-15-17-11-7-5-8-12-17)22(32)28-23-21(24(33)34-4-2)19(16-35-23)18-13-9-6-10-14-18/h5-14,16,20H,3-4,15H2,1-2H3,(H2,27,29)(H,28,32). The van der Waals surface area contributed by atoms with Crippen LogP contribution in [0.4, 0.5) is 10.9 Å². The second kappa shape index (κ2) is 11.9. The smallest absolute Gasteiger partial charge is 0.341 e. The molecular formula is C26H27N5O3S2. The van der Waals surface area contributed by atoms with Crippen molar-refractivity contribution in [3.05, 3.63) is 77.2 Å². The van der Waals surface area contributed by atoms with Gasteiger partial charge in [0, 0.05) is 16.7 Å². The van der Waals surface area contributed by atoms with E-state index in [2.05, 4.69) is 15.5 Å². The summed E-state index contributed by atoms with van der Waals surface area (Å²) in [6.45, 7) is 3.87. The Morgan fingerprint density at radius 1 is 1.08 bits per heavy atom. The third-order valence-corrected chi connectivity index (χ3v) is 7.40. The molecule has 2 aromatic heterocycles. The number of nitrogens with one attached hydrogen (secondary N) is 1. The highest BCUT2D eigenvalue weighted by Crippen LogP contribution is 2.37. The van der Waals surface area contributed by atoms with Crippen LogP contribution in [0.25, 0.3) is 11.1 Å². The van der Waals surface area contributed by atoms with E-state index in [1.54, 1.807) is 11.5 Å². The zero-order valence-corrected chi connectivity index (χ0v) is 21.6. The van der Waals surface area contributed by atoms with E-state index < -0.39 is 12.0 Å². The maximum Gasteiger partial charge on any atom is 0.341 e. The fourth-order valence-corrected chi connectivity index (χ4v) is 5.68. The number of nitrogen functional groups attached to an aromatic ring is 1. The Kier molecular flexibility index (Phi) is 8.40. The number of thioether (sulfide) groups is 1. The fraction of sp³-hybridized carbons (Fsp3) is 0.231. The Balaban J connectivity index is 1.60. The number of ether oxygens (including phenoxy) is 1. The van der Waals surface area contributed by atoms with Gasteiger partial charge >= 0.3 is 5.97 Å². The van der Waals surface area contributed by atoms with E-state index in [1.807, 2.05) is 73.0 Å². The van der Waals surface area contributed by atoms with E-state index in [4.69, 9.17) is 10.5 Å². The van der Waals surface area contributed by atoms with Crippen LogP contribution in [0, 0.1) is 0 Å². The van der Waals surface area contributed by atoms with Gasteiger partial charge in [-0.2, -0.15) is 0 Å². The number of aromatic nitrogens is 3. The molecule has 2 aromatic carbocycles. The van der Waals surface area contributed by atoms with Gasteiger partial charge in [0.05, 0.1) is 6.61 Å². The molecule has 0 aliphatic heterocycles. The minimum atomic E-state index is -0.657. The van der Waals surface area contributed by atoms with Gasteiger partial charge in [-0.3, -0.25) is 9.36 Å². The Morgan fingerprint density at radius 3 is 2.44 bits per heavy atom. The summed E-state index contributed by atoms with van der Waals surface area (Å²) in [6, 6.07) is 18.8. The lowest BCUT2D eigenvalue weighted by Gasteiger charge is -2.19. The number of rotatable bonds is 10. The predicted molar refractivity (Wildman–Crippen MR) is 144 cm³/mol. The first-order chi connectivity index (χ1) is 17.5. The lowest BCUT2D eigenvalue weighted by Crippen LogP contribution is -2.27. The second-order valence-electron chi connectivity index (χ2n) is 7.84. The number of thiophene rings is 1. The molecule has 8 nitrogen and oxygen atoms in total. The van der Waals surface area contributed by atoms with Crippen molar-refractivity contribution in [1.82, 2.24) is 14.8 Å². The van der Waals surface area contributed by atoms with Crippen LogP contribution < -0.4 is 11.1 Å². The van der Waals surface area contributed by atoms with Gasteiger partial charge in [0.25, 0.3) is 0 Å². The van der Waals surface area contributed by atoms with Gasteiger partial charge in [-0.05, 0) is 24.5 Å². The van der Waals surface area contributed by atoms with Crippen LogP contribution in [0.2, 0.25) is 0 Å². The van der Waals surface area contributed by atoms with Crippen LogP contribution in [0.1, 0.15) is 42.2 Å². The van der Waals surface area contributed by atoms with Crippen molar-refractivity contribution in [1.29, 1.82) is 0 Å². The van der Waals surface area contributed by atoms with Gasteiger partial charge in [-0.15, -0.1) is 21.5 Å². The molecule has 1 amide bonds. The van der Waals surface area contributed by atoms with Crippen molar-refractivity contribution in [2.75, 3.05) is 17.7 Å². The molecule has 1 atom stereocenters. The molecule has 0 saturated carbocycles.